The molecule has 22 heteroatoms. The summed E-state index contributed by atoms with van der Waals surface area (Å²) in [6.07, 6.45) is 6.03. The molecule has 4 aromatic heterocycles. The molecular formula is C30H32B2F8N4O6Ru2. The summed E-state index contributed by atoms with van der Waals surface area (Å²) in [7, 11) is -12.0. The van der Waals surface area contributed by atoms with Crippen LogP contribution in [0.4, 0.5) is 34.5 Å². The van der Waals surface area contributed by atoms with Gasteiger partial charge in [0.15, 0.2) is 11.3 Å². The number of fused-ring (bicyclic) bond motifs is 2. The summed E-state index contributed by atoms with van der Waals surface area (Å²) in [4.78, 5) is 17.3. The predicted molar refractivity (Wildman–Crippen MR) is 164 cm³/mol. The first-order chi connectivity index (χ1) is 23.2. The smallest absolute Gasteiger partial charge is 1.00 e. The molecule has 10 nitrogen and oxygen atoms in total. The van der Waals surface area contributed by atoms with E-state index in [9.17, 15) is 44.7 Å². The molecule has 0 saturated carbocycles. The number of aromatic nitrogens is 4. The van der Waals surface area contributed by atoms with Gasteiger partial charge in [-0.15, -0.1) is 0 Å². The van der Waals surface area contributed by atoms with Crippen LogP contribution in [0.5, 0.6) is 0 Å². The van der Waals surface area contributed by atoms with Crippen LogP contribution in [0.1, 0.15) is 51.9 Å². The van der Waals surface area contributed by atoms with Crippen molar-refractivity contribution in [1.29, 1.82) is 0 Å². The molecular weight excluding hydrogens is 888 g/mol. The maximum Gasteiger partial charge on any atom is 1.00 e. The molecule has 4 aromatic rings. The maximum absolute atomic E-state index is 9.99. The predicted octanol–water partition coefficient (Wildman–Crippen LogP) is 7.11. The van der Waals surface area contributed by atoms with Crippen molar-refractivity contribution in [2.24, 2.45) is 0 Å². The zero-order valence-corrected chi connectivity index (χ0v) is 31.3. The molecule has 0 saturated heterocycles. The number of aliphatic hydroxyl groups is 2. The van der Waals surface area contributed by atoms with Gasteiger partial charge in [-0.2, -0.15) is 0 Å². The van der Waals surface area contributed by atoms with E-state index >= 15 is 0 Å². The molecule has 286 valence electrons. The van der Waals surface area contributed by atoms with Gasteiger partial charge in [-0.3, -0.25) is 0 Å². The van der Waals surface area contributed by atoms with Crippen LogP contribution in [0.25, 0.3) is 22.1 Å². The number of rotatable bonds is 6. The molecule has 4 heterocycles. The van der Waals surface area contributed by atoms with Crippen molar-refractivity contribution in [3.05, 3.63) is 98.9 Å². The first-order valence-corrected chi connectivity index (χ1v) is 13.6. The van der Waals surface area contributed by atoms with E-state index in [-0.39, 0.29) is 39.0 Å². The molecule has 0 bridgehead atoms. The molecule has 0 aromatic carbocycles. The van der Waals surface area contributed by atoms with E-state index in [1.54, 1.807) is 12.4 Å². The normalized spacial score (nSPS) is 11.7. The van der Waals surface area contributed by atoms with Crippen LogP contribution in [0.15, 0.2) is 60.9 Å². The van der Waals surface area contributed by atoms with Crippen molar-refractivity contribution >= 4 is 36.6 Å². The number of hydrogen-bond acceptors (Lipinski definition) is 6. The first-order valence-electron chi connectivity index (χ1n) is 13.6. The molecule has 0 aliphatic rings. The van der Waals surface area contributed by atoms with Crippen molar-refractivity contribution < 1.29 is 102 Å². The number of nitrogens with zero attached hydrogens (tertiary/aromatic N) is 4. The van der Waals surface area contributed by atoms with Crippen molar-refractivity contribution in [1.82, 2.24) is 19.9 Å². The molecule has 52 heavy (non-hydrogen) atoms. The fourth-order valence-corrected chi connectivity index (χ4v) is 3.21. The minimum Gasteiger partial charge on any atom is 1.00 e. The standard InChI is InChI=1S/2C13H16N2O.4CO.2BF4.2Ru/c2*1-3-13(2,16)9-11-7-6-10-5-4-8-14-12(10)15-11;4*1-2;2*2-1(3,4)5;;/h2*4-8,16H,3,9H2,1-2H3;;;;;;;;/q;;;;;;2*-1;2*+1. The third-order valence-electron chi connectivity index (χ3n) is 5.69. The molecule has 2 radical (unpaired) electrons. The third-order valence-corrected chi connectivity index (χ3v) is 5.69. The Hall–Kier alpha value is -3.18. The fraction of sp³-hybridized carbons (Fsp3) is 0.333. The quantitative estimate of drug-likeness (QED) is 0.0904. The molecule has 2 N–H and O–H groups in total. The van der Waals surface area contributed by atoms with Crippen LogP contribution in [0.2, 0.25) is 0 Å². The summed E-state index contributed by atoms with van der Waals surface area (Å²) in [6.45, 7) is 25.6. The Morgan fingerprint density at radius 2 is 0.808 bits per heavy atom. The van der Waals surface area contributed by atoms with Gasteiger partial charge in [0.25, 0.3) is 0 Å². The van der Waals surface area contributed by atoms with Gasteiger partial charge in [-0.1, -0.05) is 13.8 Å². The number of halogens is 8. The molecule has 2 atom stereocenters. The molecule has 0 aliphatic carbocycles. The van der Waals surface area contributed by atoms with E-state index in [0.717, 1.165) is 46.3 Å². The summed E-state index contributed by atoms with van der Waals surface area (Å²) in [5, 5.41) is 22.0. The molecule has 0 aliphatic heterocycles. The molecule has 0 fully saturated rings. The number of hydrogen-bond donors (Lipinski definition) is 2. The fourth-order valence-electron chi connectivity index (χ4n) is 3.21. The average Bonchev–Trinajstić information content (AvgIpc) is 3.07. The van der Waals surface area contributed by atoms with Gasteiger partial charge in [-0.25, -0.2) is 19.9 Å². The van der Waals surface area contributed by atoms with Gasteiger partial charge in [0.2, 0.25) is 0 Å². The minimum absolute atomic E-state index is 0. The Kier molecular flexibility index (Phi) is 38.0. The number of pyridine rings is 4. The van der Waals surface area contributed by atoms with Crippen LogP contribution in [-0.4, -0.2) is 55.9 Å². The maximum atomic E-state index is 9.99. The Balaban J connectivity index is -0.000000137. The zero-order valence-electron chi connectivity index (χ0n) is 27.8. The molecule has 0 amide bonds. The van der Waals surface area contributed by atoms with Gasteiger partial charge in [-0.05, 0) is 75.2 Å². The van der Waals surface area contributed by atoms with Gasteiger partial charge in [0, 0.05) is 47.4 Å². The van der Waals surface area contributed by atoms with E-state index in [2.05, 4.69) is 46.5 Å². The molecule has 4 rings (SSSR count). The molecule has 2 unspecified atom stereocenters. The average molecular weight is 920 g/mol. The van der Waals surface area contributed by atoms with E-state index in [4.69, 9.17) is 18.6 Å². The van der Waals surface area contributed by atoms with Crippen molar-refractivity contribution in [2.75, 3.05) is 0 Å². The van der Waals surface area contributed by atoms with E-state index in [0.29, 0.717) is 12.8 Å². The van der Waals surface area contributed by atoms with Crippen molar-refractivity contribution in [3.63, 3.8) is 0 Å². The van der Waals surface area contributed by atoms with Crippen LogP contribution < -0.4 is 0 Å². The Morgan fingerprint density at radius 1 is 0.558 bits per heavy atom. The zero-order chi connectivity index (χ0) is 40.2. The monoisotopic (exact) mass is 922 g/mol. The summed E-state index contributed by atoms with van der Waals surface area (Å²) in [5.74, 6) is 0. The minimum atomic E-state index is -6.00. The summed E-state index contributed by atoms with van der Waals surface area (Å²) < 4.78 is 108. The summed E-state index contributed by atoms with van der Waals surface area (Å²) in [6, 6.07) is 15.7. The second-order valence-corrected chi connectivity index (χ2v) is 9.75. The third kappa shape index (κ3) is 35.2. The topological polar surface area (TPSA) is 172 Å². The van der Waals surface area contributed by atoms with Gasteiger partial charge in [0.1, 0.15) is 0 Å². The molecule has 0 spiro atoms. The van der Waals surface area contributed by atoms with Crippen LogP contribution in [0.3, 0.4) is 0 Å². The van der Waals surface area contributed by atoms with Crippen molar-refractivity contribution in [2.45, 2.75) is 64.6 Å². The van der Waals surface area contributed by atoms with Gasteiger partial charge in [0.05, 0.1) is 11.2 Å². The van der Waals surface area contributed by atoms with Gasteiger partial charge >= 0.3 is 98.7 Å². The van der Waals surface area contributed by atoms with Gasteiger partial charge < -0.3 is 44.7 Å². The van der Waals surface area contributed by atoms with E-state index in [1.807, 2.05) is 76.2 Å². The first kappa shape index (κ1) is 60.9. The van der Waals surface area contributed by atoms with Crippen LogP contribution in [-0.2, 0) is 70.4 Å². The Morgan fingerprint density at radius 3 is 1.04 bits per heavy atom. The second-order valence-electron chi connectivity index (χ2n) is 9.75. The summed E-state index contributed by atoms with van der Waals surface area (Å²) >= 11 is 0. The largest absolute Gasteiger partial charge is 1.00 e. The van der Waals surface area contributed by atoms with Crippen LogP contribution >= 0.6 is 0 Å². The summed E-state index contributed by atoms with van der Waals surface area (Å²) in [5.41, 5.74) is 1.89. The van der Waals surface area contributed by atoms with Crippen molar-refractivity contribution in [3.8, 4) is 0 Å². The Bertz CT molecular complexity index is 1460. The van der Waals surface area contributed by atoms with Crippen LogP contribution in [0, 0.1) is 26.6 Å². The second kappa shape index (κ2) is 32.5. The Labute approximate surface area is 321 Å². The van der Waals surface area contributed by atoms with E-state index < -0.39 is 25.7 Å². The van der Waals surface area contributed by atoms with E-state index in [1.165, 1.54) is 0 Å². The SMILES string of the molecule is CCC(C)(O)Cc1ccc2cccnc2n1.CCC(C)(O)Cc1ccc2cccnc2n1.F[B-](F)(F)F.F[B-](F)(F)F.[C-]#[O+].[C-]#[O+].[C-]#[O+].[C-]#[O+].[Ru+].[Ru+].